The zero-order valence-electron chi connectivity index (χ0n) is 4.87. The lowest BCUT2D eigenvalue weighted by molar-refractivity contribution is 0.177. The third-order valence-electron chi connectivity index (χ3n) is 0.983. The first kappa shape index (κ1) is 6.04. The van der Waals surface area contributed by atoms with Gasteiger partial charge < -0.3 is 5.73 Å². The fraction of sp³-hybridized carbons (Fsp3) is 0.167. The van der Waals surface area contributed by atoms with Gasteiger partial charge in [0.25, 0.3) is 0 Å². The van der Waals surface area contributed by atoms with Crippen molar-refractivity contribution in [2.45, 2.75) is 6.61 Å². The first-order chi connectivity index (χ1) is 4.33. The molecule has 2 N–H and O–H groups in total. The van der Waals surface area contributed by atoms with Crippen molar-refractivity contribution < 1.29 is 5.11 Å². The highest BCUT2D eigenvalue weighted by Crippen LogP contribution is 2.02. The number of pyridine rings is 1. The third-order valence-corrected chi connectivity index (χ3v) is 0.983. The van der Waals surface area contributed by atoms with Crippen LogP contribution in [0.3, 0.4) is 0 Å². The Balaban J connectivity index is 2.94. The van der Waals surface area contributed by atoms with Crippen LogP contribution in [0.15, 0.2) is 18.5 Å². The summed E-state index contributed by atoms with van der Waals surface area (Å²) in [5.41, 5.74) is 6.51. The van der Waals surface area contributed by atoms with Gasteiger partial charge in [-0.05, 0) is 6.07 Å². The molecule has 1 aromatic rings. The van der Waals surface area contributed by atoms with Crippen molar-refractivity contribution in [3.8, 4) is 0 Å². The summed E-state index contributed by atoms with van der Waals surface area (Å²) >= 11 is 0. The molecule has 3 heteroatoms. The van der Waals surface area contributed by atoms with Gasteiger partial charge in [-0.25, -0.2) is 5.11 Å². The van der Waals surface area contributed by atoms with E-state index in [1.165, 1.54) is 12.4 Å². The van der Waals surface area contributed by atoms with Crippen LogP contribution in [-0.4, -0.2) is 4.98 Å². The summed E-state index contributed by atoms with van der Waals surface area (Å²) in [6, 6.07) is 1.62. The molecule has 0 saturated heterocycles. The molecular weight excluding hydrogens is 116 g/mol. The zero-order chi connectivity index (χ0) is 6.69. The largest absolute Gasteiger partial charge is 0.397 e. The maximum absolute atomic E-state index is 10.2. The van der Waals surface area contributed by atoms with Crippen LogP contribution in [0.1, 0.15) is 5.56 Å². The molecule has 1 rings (SSSR count). The van der Waals surface area contributed by atoms with Gasteiger partial charge in [0.05, 0.1) is 5.69 Å². The molecule has 1 aromatic heterocycles. The highest BCUT2D eigenvalue weighted by molar-refractivity contribution is 5.36. The molecule has 0 saturated carbocycles. The molecule has 0 unspecified atom stereocenters. The Hall–Kier alpha value is -1.09. The van der Waals surface area contributed by atoms with Gasteiger partial charge in [-0.2, -0.15) is 0 Å². The van der Waals surface area contributed by atoms with Gasteiger partial charge in [-0.15, -0.1) is 0 Å². The number of nitrogens with zero attached hydrogens (tertiary/aromatic N) is 1. The number of rotatable bonds is 1. The fourth-order valence-electron chi connectivity index (χ4n) is 0.587. The average Bonchev–Trinajstić information content (AvgIpc) is 1.88. The first-order valence-corrected chi connectivity index (χ1v) is 2.60. The molecule has 0 amide bonds. The molecule has 0 spiro atoms. The third kappa shape index (κ3) is 1.40. The molecular formula is C6H7N2O. The monoisotopic (exact) mass is 123 g/mol. The van der Waals surface area contributed by atoms with Crippen molar-refractivity contribution in [1.82, 2.24) is 4.98 Å². The highest BCUT2D eigenvalue weighted by Gasteiger charge is 1.89. The van der Waals surface area contributed by atoms with Crippen LogP contribution >= 0.6 is 0 Å². The van der Waals surface area contributed by atoms with Crippen molar-refractivity contribution in [1.29, 1.82) is 0 Å². The van der Waals surface area contributed by atoms with Gasteiger partial charge in [0, 0.05) is 18.0 Å². The van der Waals surface area contributed by atoms with Crippen LogP contribution in [0.2, 0.25) is 0 Å². The quantitative estimate of drug-likeness (QED) is 0.594. The second kappa shape index (κ2) is 2.46. The molecule has 0 aliphatic carbocycles. The molecule has 0 fully saturated rings. The maximum Gasteiger partial charge on any atom is 0.109 e. The topological polar surface area (TPSA) is 58.8 Å². The molecule has 9 heavy (non-hydrogen) atoms. The second-order valence-corrected chi connectivity index (χ2v) is 1.77. The summed E-state index contributed by atoms with van der Waals surface area (Å²) in [4.78, 5) is 3.73. The number of anilines is 1. The van der Waals surface area contributed by atoms with Crippen molar-refractivity contribution >= 4 is 5.69 Å². The molecule has 0 aliphatic heterocycles. The van der Waals surface area contributed by atoms with Gasteiger partial charge in [0.1, 0.15) is 6.61 Å². The normalized spacial score (nSPS) is 9.44. The zero-order valence-corrected chi connectivity index (χ0v) is 4.87. The summed E-state index contributed by atoms with van der Waals surface area (Å²) in [5.74, 6) is 0. The van der Waals surface area contributed by atoms with Crippen LogP contribution in [0.25, 0.3) is 0 Å². The van der Waals surface area contributed by atoms with Crippen molar-refractivity contribution in [3.63, 3.8) is 0 Å². The average molecular weight is 123 g/mol. The van der Waals surface area contributed by atoms with Crippen LogP contribution in [-0.2, 0) is 11.7 Å². The number of hydrogen-bond acceptors (Lipinski definition) is 2. The van der Waals surface area contributed by atoms with Crippen molar-refractivity contribution in [2.24, 2.45) is 0 Å². The van der Waals surface area contributed by atoms with Gasteiger partial charge in [-0.1, -0.05) is 0 Å². The Morgan fingerprint density at radius 3 is 2.78 bits per heavy atom. The molecule has 0 atom stereocenters. The van der Waals surface area contributed by atoms with Crippen LogP contribution < -0.4 is 5.73 Å². The molecule has 0 aromatic carbocycles. The predicted octanol–water partition coefficient (Wildman–Crippen LogP) is 0.594. The van der Waals surface area contributed by atoms with E-state index in [1.807, 2.05) is 0 Å². The van der Waals surface area contributed by atoms with Gasteiger partial charge in [-0.3, -0.25) is 4.98 Å². The summed E-state index contributed by atoms with van der Waals surface area (Å²) in [7, 11) is 0. The number of nitrogens with two attached hydrogens (primary N) is 1. The number of aromatic nitrogens is 1. The van der Waals surface area contributed by atoms with Crippen molar-refractivity contribution in [3.05, 3.63) is 24.0 Å². The van der Waals surface area contributed by atoms with E-state index in [-0.39, 0.29) is 6.61 Å². The Morgan fingerprint density at radius 2 is 2.33 bits per heavy atom. The Bertz CT molecular complexity index is 200. The summed E-state index contributed by atoms with van der Waals surface area (Å²) in [6.07, 6.45) is 3.03. The van der Waals surface area contributed by atoms with Crippen LogP contribution in [0.5, 0.6) is 0 Å². The van der Waals surface area contributed by atoms with Crippen LogP contribution in [0, 0.1) is 0 Å². The Labute approximate surface area is 53.2 Å². The first-order valence-electron chi connectivity index (χ1n) is 2.60. The van der Waals surface area contributed by atoms with E-state index < -0.39 is 0 Å². The van der Waals surface area contributed by atoms with Gasteiger partial charge >= 0.3 is 0 Å². The van der Waals surface area contributed by atoms with Crippen LogP contribution in [0.4, 0.5) is 5.69 Å². The lowest BCUT2D eigenvalue weighted by Gasteiger charge is -1.92. The highest BCUT2D eigenvalue weighted by atomic mass is 16.3. The van der Waals surface area contributed by atoms with E-state index >= 15 is 0 Å². The second-order valence-electron chi connectivity index (χ2n) is 1.77. The summed E-state index contributed by atoms with van der Waals surface area (Å²) in [5, 5.41) is 10.2. The number of nitrogen functional groups attached to an aromatic ring is 1. The molecule has 0 bridgehead atoms. The van der Waals surface area contributed by atoms with E-state index in [4.69, 9.17) is 5.73 Å². The standard InChI is InChI=1S/C6H7N2O/c7-6-1-5(4-9)2-8-3-6/h1-3H,4,7H2. The van der Waals surface area contributed by atoms with E-state index in [2.05, 4.69) is 4.98 Å². The molecule has 47 valence electrons. The lowest BCUT2D eigenvalue weighted by atomic mass is 10.3. The maximum atomic E-state index is 10.2. The fourth-order valence-corrected chi connectivity index (χ4v) is 0.587. The van der Waals surface area contributed by atoms with E-state index in [0.717, 1.165) is 0 Å². The Kier molecular flexibility index (Phi) is 1.65. The Morgan fingerprint density at radius 1 is 1.56 bits per heavy atom. The molecule has 1 radical (unpaired) electrons. The van der Waals surface area contributed by atoms with E-state index in [9.17, 15) is 5.11 Å². The van der Waals surface area contributed by atoms with Gasteiger partial charge in [0.15, 0.2) is 0 Å². The molecule has 1 heterocycles. The van der Waals surface area contributed by atoms with Crippen molar-refractivity contribution in [2.75, 3.05) is 5.73 Å². The number of hydrogen-bond donors (Lipinski definition) is 1. The minimum Gasteiger partial charge on any atom is -0.397 e. The molecule has 0 aliphatic rings. The SMILES string of the molecule is Nc1cncc(C[O])c1. The lowest BCUT2D eigenvalue weighted by Crippen LogP contribution is -1.89. The minimum absolute atomic E-state index is 0.252. The molecule has 3 nitrogen and oxygen atoms in total. The van der Waals surface area contributed by atoms with E-state index in [1.54, 1.807) is 6.07 Å². The summed E-state index contributed by atoms with van der Waals surface area (Å²) < 4.78 is 0. The summed E-state index contributed by atoms with van der Waals surface area (Å²) in [6.45, 7) is -0.252. The smallest absolute Gasteiger partial charge is 0.109 e. The predicted molar refractivity (Wildman–Crippen MR) is 33.0 cm³/mol. The van der Waals surface area contributed by atoms with E-state index in [0.29, 0.717) is 11.3 Å². The van der Waals surface area contributed by atoms with Gasteiger partial charge in [0.2, 0.25) is 0 Å². The minimum atomic E-state index is -0.252.